The lowest BCUT2D eigenvalue weighted by Gasteiger charge is -2.57. The van der Waals surface area contributed by atoms with Crippen molar-refractivity contribution in [3.8, 4) is 0 Å². The fourth-order valence-corrected chi connectivity index (χ4v) is 4.93. The third kappa shape index (κ3) is 2.62. The highest BCUT2D eigenvalue weighted by Gasteiger charge is 2.56. The third-order valence-corrected chi connectivity index (χ3v) is 6.45. The van der Waals surface area contributed by atoms with Crippen molar-refractivity contribution in [1.29, 1.82) is 0 Å². The summed E-state index contributed by atoms with van der Waals surface area (Å²) >= 11 is 0. The van der Waals surface area contributed by atoms with Crippen molar-refractivity contribution in [2.45, 2.75) is 50.4 Å². The first kappa shape index (κ1) is 15.6. The lowest BCUT2D eigenvalue weighted by Crippen LogP contribution is -2.63. The summed E-state index contributed by atoms with van der Waals surface area (Å²) in [5.41, 5.74) is 8.59. The van der Waals surface area contributed by atoms with Crippen molar-refractivity contribution < 1.29 is 9.84 Å². The first-order valence-corrected chi connectivity index (χ1v) is 9.03. The van der Waals surface area contributed by atoms with Crippen molar-refractivity contribution in [2.75, 3.05) is 26.2 Å². The van der Waals surface area contributed by atoms with E-state index in [1.807, 2.05) is 0 Å². The van der Waals surface area contributed by atoms with Crippen LogP contribution in [-0.4, -0.2) is 54.5 Å². The molecular formula is C19H28N2O2. The highest BCUT2D eigenvalue weighted by Crippen LogP contribution is 2.51. The smallest absolute Gasteiger partial charge is 0.0682 e. The maximum Gasteiger partial charge on any atom is 0.0682 e. The van der Waals surface area contributed by atoms with E-state index in [2.05, 4.69) is 29.2 Å². The molecule has 0 radical (unpaired) electrons. The standard InChI is InChI=1S/C19H28N2O2/c20-7-10-23-18-13-17(22)19(18)5-8-21(9-6-19)16-11-14-3-1-2-4-15(14)12-16/h1-4,16-18,22H,5-13,20H2/t17-,18+/m1/s1. The van der Waals surface area contributed by atoms with Gasteiger partial charge < -0.3 is 15.6 Å². The van der Waals surface area contributed by atoms with E-state index in [1.54, 1.807) is 0 Å². The van der Waals surface area contributed by atoms with E-state index < -0.39 is 0 Å². The minimum atomic E-state index is -0.187. The molecule has 1 aromatic carbocycles. The van der Waals surface area contributed by atoms with Crippen LogP contribution in [0.5, 0.6) is 0 Å². The Labute approximate surface area is 138 Å². The van der Waals surface area contributed by atoms with Crippen LogP contribution < -0.4 is 5.73 Å². The number of likely N-dealkylation sites (tertiary alicyclic amines) is 1. The van der Waals surface area contributed by atoms with Crippen molar-refractivity contribution in [3.63, 3.8) is 0 Å². The van der Waals surface area contributed by atoms with E-state index in [0.717, 1.165) is 32.4 Å². The molecule has 1 saturated carbocycles. The third-order valence-electron chi connectivity index (χ3n) is 6.45. The molecule has 0 amide bonds. The van der Waals surface area contributed by atoms with Crippen LogP contribution in [0.3, 0.4) is 0 Å². The Balaban J connectivity index is 1.36. The van der Waals surface area contributed by atoms with Gasteiger partial charge in [0, 0.05) is 24.4 Å². The van der Waals surface area contributed by atoms with Crippen LogP contribution >= 0.6 is 0 Å². The molecule has 1 spiro atoms. The monoisotopic (exact) mass is 316 g/mol. The molecule has 0 aromatic heterocycles. The molecule has 23 heavy (non-hydrogen) atoms. The summed E-state index contributed by atoms with van der Waals surface area (Å²) in [5.74, 6) is 0. The van der Waals surface area contributed by atoms with Crippen LogP contribution in [0.25, 0.3) is 0 Å². The maximum absolute atomic E-state index is 10.4. The van der Waals surface area contributed by atoms with Gasteiger partial charge in [0.25, 0.3) is 0 Å². The number of nitrogens with zero attached hydrogens (tertiary/aromatic N) is 1. The number of aliphatic hydroxyl groups excluding tert-OH is 1. The number of ether oxygens (including phenoxy) is 1. The molecule has 4 heteroatoms. The Hall–Kier alpha value is -0.940. The molecule has 4 nitrogen and oxygen atoms in total. The lowest BCUT2D eigenvalue weighted by molar-refractivity contribution is -0.211. The summed E-state index contributed by atoms with van der Waals surface area (Å²) in [4.78, 5) is 2.64. The predicted octanol–water partition coefficient (Wildman–Crippen LogP) is 1.34. The maximum atomic E-state index is 10.4. The molecular weight excluding hydrogens is 288 g/mol. The van der Waals surface area contributed by atoms with Crippen LogP contribution in [0.15, 0.2) is 24.3 Å². The van der Waals surface area contributed by atoms with Crippen LogP contribution in [0.4, 0.5) is 0 Å². The van der Waals surface area contributed by atoms with Crippen LogP contribution in [0.2, 0.25) is 0 Å². The van der Waals surface area contributed by atoms with E-state index in [9.17, 15) is 5.11 Å². The normalized spacial score (nSPS) is 30.3. The number of hydrogen-bond acceptors (Lipinski definition) is 4. The van der Waals surface area contributed by atoms with Crippen molar-refractivity contribution >= 4 is 0 Å². The molecule has 2 aliphatic carbocycles. The molecule has 1 heterocycles. The number of nitrogens with two attached hydrogens (primary N) is 1. The fourth-order valence-electron chi connectivity index (χ4n) is 4.93. The molecule has 3 aliphatic rings. The molecule has 1 saturated heterocycles. The van der Waals surface area contributed by atoms with Crippen LogP contribution in [-0.2, 0) is 17.6 Å². The molecule has 2 atom stereocenters. The molecule has 1 aliphatic heterocycles. The van der Waals surface area contributed by atoms with Crippen molar-refractivity contribution in [1.82, 2.24) is 4.90 Å². The van der Waals surface area contributed by atoms with Gasteiger partial charge in [-0.15, -0.1) is 0 Å². The first-order valence-electron chi connectivity index (χ1n) is 9.03. The second-order valence-corrected chi connectivity index (χ2v) is 7.50. The summed E-state index contributed by atoms with van der Waals surface area (Å²) in [6.45, 7) is 3.34. The molecule has 1 aromatic rings. The largest absolute Gasteiger partial charge is 0.392 e. The number of benzene rings is 1. The predicted molar refractivity (Wildman–Crippen MR) is 90.3 cm³/mol. The highest BCUT2D eigenvalue weighted by molar-refractivity contribution is 5.33. The molecule has 0 bridgehead atoms. The zero-order valence-corrected chi connectivity index (χ0v) is 13.8. The van der Waals surface area contributed by atoms with E-state index in [0.29, 0.717) is 19.2 Å². The van der Waals surface area contributed by atoms with E-state index >= 15 is 0 Å². The minimum Gasteiger partial charge on any atom is -0.392 e. The number of piperidine rings is 1. The Morgan fingerprint density at radius 2 is 1.83 bits per heavy atom. The Morgan fingerprint density at radius 1 is 1.17 bits per heavy atom. The SMILES string of the molecule is NCCO[C@H]1C[C@@H](O)C12CCN(C1Cc3ccccc3C1)CC2. The molecule has 126 valence electrons. The minimum absolute atomic E-state index is 0.00285. The van der Waals surface area contributed by atoms with E-state index in [1.165, 1.54) is 24.0 Å². The van der Waals surface area contributed by atoms with Gasteiger partial charge >= 0.3 is 0 Å². The molecule has 2 fully saturated rings. The van der Waals surface area contributed by atoms with Crippen molar-refractivity contribution in [2.24, 2.45) is 11.1 Å². The van der Waals surface area contributed by atoms with Gasteiger partial charge in [0.1, 0.15) is 0 Å². The quantitative estimate of drug-likeness (QED) is 0.880. The van der Waals surface area contributed by atoms with Crippen molar-refractivity contribution in [3.05, 3.63) is 35.4 Å². The summed E-state index contributed by atoms with van der Waals surface area (Å²) in [5, 5.41) is 10.4. The summed E-state index contributed by atoms with van der Waals surface area (Å²) in [6.07, 6.45) is 5.27. The van der Waals surface area contributed by atoms with E-state index in [-0.39, 0.29) is 17.6 Å². The Bertz CT molecular complexity index is 529. The van der Waals surface area contributed by atoms with Gasteiger partial charge in [0.15, 0.2) is 0 Å². The fraction of sp³-hybridized carbons (Fsp3) is 0.684. The van der Waals surface area contributed by atoms with Crippen LogP contribution in [0.1, 0.15) is 30.4 Å². The van der Waals surface area contributed by atoms with Crippen LogP contribution in [0, 0.1) is 5.41 Å². The highest BCUT2D eigenvalue weighted by atomic mass is 16.5. The molecule has 3 N–H and O–H groups in total. The number of rotatable bonds is 4. The lowest BCUT2D eigenvalue weighted by atomic mass is 9.58. The average Bonchev–Trinajstić information content (AvgIpc) is 3.02. The van der Waals surface area contributed by atoms with Gasteiger partial charge in [-0.3, -0.25) is 4.90 Å². The van der Waals surface area contributed by atoms with E-state index in [4.69, 9.17) is 10.5 Å². The topological polar surface area (TPSA) is 58.7 Å². The van der Waals surface area contributed by atoms with Gasteiger partial charge in [-0.1, -0.05) is 24.3 Å². The number of hydrogen-bond donors (Lipinski definition) is 2. The van der Waals surface area contributed by atoms with Gasteiger partial charge in [0.05, 0.1) is 18.8 Å². The first-order chi connectivity index (χ1) is 11.2. The van der Waals surface area contributed by atoms with Gasteiger partial charge in [-0.25, -0.2) is 0 Å². The molecule has 4 rings (SSSR count). The van der Waals surface area contributed by atoms with Gasteiger partial charge in [-0.2, -0.15) is 0 Å². The summed E-state index contributed by atoms with van der Waals surface area (Å²) in [7, 11) is 0. The Kier molecular flexibility index (Phi) is 4.18. The Morgan fingerprint density at radius 3 is 2.39 bits per heavy atom. The second kappa shape index (κ2) is 6.17. The number of aliphatic hydroxyl groups is 1. The van der Waals surface area contributed by atoms with Gasteiger partial charge in [-0.05, 0) is 49.9 Å². The summed E-state index contributed by atoms with van der Waals surface area (Å²) in [6, 6.07) is 9.48. The second-order valence-electron chi connectivity index (χ2n) is 7.50. The van der Waals surface area contributed by atoms with Gasteiger partial charge in [0.2, 0.25) is 0 Å². The number of fused-ring (bicyclic) bond motifs is 1. The zero-order valence-electron chi connectivity index (χ0n) is 13.8. The summed E-state index contributed by atoms with van der Waals surface area (Å²) < 4.78 is 5.90. The zero-order chi connectivity index (χ0) is 15.9. The average molecular weight is 316 g/mol. The molecule has 0 unspecified atom stereocenters.